The van der Waals surface area contributed by atoms with Crippen molar-refractivity contribution in [1.29, 1.82) is 0 Å². The van der Waals surface area contributed by atoms with Gasteiger partial charge in [-0.25, -0.2) is 0 Å². The highest BCUT2D eigenvalue weighted by Crippen LogP contribution is 2.15. The lowest BCUT2D eigenvalue weighted by molar-refractivity contribution is 0.727. The number of nitrogens with zero attached hydrogens (tertiary/aromatic N) is 1. The van der Waals surface area contributed by atoms with Crippen molar-refractivity contribution < 1.29 is 0 Å². The molecule has 1 aromatic rings. The van der Waals surface area contributed by atoms with Gasteiger partial charge < -0.3 is 10.6 Å². The molecule has 20 heavy (non-hydrogen) atoms. The molecule has 0 aromatic heterocycles. The molecule has 0 atom stereocenters. The lowest BCUT2D eigenvalue weighted by Gasteiger charge is -2.15. The van der Waals surface area contributed by atoms with Crippen molar-refractivity contribution in [2.45, 2.75) is 47.1 Å². The van der Waals surface area contributed by atoms with Crippen LogP contribution in [0.4, 0.5) is 0 Å². The molecule has 0 unspecified atom stereocenters. The van der Waals surface area contributed by atoms with E-state index in [9.17, 15) is 0 Å². The van der Waals surface area contributed by atoms with Crippen molar-refractivity contribution in [3.8, 4) is 0 Å². The van der Waals surface area contributed by atoms with E-state index in [0.717, 1.165) is 19.0 Å². The van der Waals surface area contributed by atoms with Gasteiger partial charge in [0.05, 0.1) is 0 Å². The van der Waals surface area contributed by atoms with E-state index >= 15 is 0 Å². The number of aryl methyl sites for hydroxylation is 3. The third kappa shape index (κ3) is 6.11. The van der Waals surface area contributed by atoms with Crippen LogP contribution in [0.15, 0.2) is 17.1 Å². The predicted molar refractivity (Wildman–Crippen MR) is 99.2 cm³/mol. The van der Waals surface area contributed by atoms with Crippen LogP contribution in [0, 0.1) is 20.8 Å². The monoisotopic (exact) mass is 389 g/mol. The minimum Gasteiger partial charge on any atom is -0.356 e. The summed E-state index contributed by atoms with van der Waals surface area (Å²) in [6.07, 6.45) is 2.36. The van der Waals surface area contributed by atoms with E-state index in [0.29, 0.717) is 0 Å². The first-order valence-electron chi connectivity index (χ1n) is 7.09. The van der Waals surface area contributed by atoms with Crippen LogP contribution in [0.1, 0.15) is 42.0 Å². The molecular weight excluding hydrogens is 361 g/mol. The van der Waals surface area contributed by atoms with E-state index in [1.54, 1.807) is 0 Å². The maximum Gasteiger partial charge on any atom is 0.191 e. The average molecular weight is 389 g/mol. The van der Waals surface area contributed by atoms with Crippen LogP contribution < -0.4 is 10.6 Å². The summed E-state index contributed by atoms with van der Waals surface area (Å²) in [6, 6.07) is 4.47. The SMILES string of the molecule is CCCCNC(=NC)NCc1c(C)cc(C)cc1C.I. The topological polar surface area (TPSA) is 36.4 Å². The van der Waals surface area contributed by atoms with Gasteiger partial charge in [-0.1, -0.05) is 31.0 Å². The Bertz CT molecular complexity index is 418. The highest BCUT2D eigenvalue weighted by Gasteiger charge is 2.04. The van der Waals surface area contributed by atoms with E-state index in [4.69, 9.17) is 0 Å². The largest absolute Gasteiger partial charge is 0.356 e. The lowest BCUT2D eigenvalue weighted by atomic mass is 10.00. The molecular formula is C16H28IN3. The lowest BCUT2D eigenvalue weighted by Crippen LogP contribution is -2.37. The first kappa shape index (κ1) is 19.2. The second kappa shape index (κ2) is 10.0. The molecule has 1 rings (SSSR count). The zero-order valence-electron chi connectivity index (χ0n) is 13.3. The summed E-state index contributed by atoms with van der Waals surface area (Å²) < 4.78 is 0. The fourth-order valence-electron chi connectivity index (χ4n) is 2.27. The van der Waals surface area contributed by atoms with Crippen LogP contribution >= 0.6 is 24.0 Å². The maximum atomic E-state index is 4.25. The minimum atomic E-state index is 0. The summed E-state index contributed by atoms with van der Waals surface area (Å²) in [7, 11) is 1.82. The number of guanidine groups is 1. The number of hydrogen-bond acceptors (Lipinski definition) is 1. The summed E-state index contributed by atoms with van der Waals surface area (Å²) in [5, 5.41) is 6.71. The number of halogens is 1. The number of rotatable bonds is 5. The maximum absolute atomic E-state index is 4.25. The molecule has 0 spiro atoms. The van der Waals surface area contributed by atoms with Crippen LogP contribution in [0.3, 0.4) is 0 Å². The third-order valence-corrected chi connectivity index (χ3v) is 3.32. The van der Waals surface area contributed by atoms with Gasteiger partial charge in [-0.15, -0.1) is 24.0 Å². The Balaban J connectivity index is 0.00000361. The second-order valence-electron chi connectivity index (χ2n) is 5.08. The molecule has 114 valence electrons. The molecule has 1 aromatic carbocycles. The Labute approximate surface area is 140 Å². The molecule has 0 aliphatic rings. The van der Waals surface area contributed by atoms with Gasteiger partial charge in [0.25, 0.3) is 0 Å². The molecule has 4 heteroatoms. The van der Waals surface area contributed by atoms with E-state index in [2.05, 4.69) is 55.5 Å². The first-order chi connectivity index (χ1) is 9.08. The Hall–Kier alpha value is -0.780. The number of aliphatic imine (C=N–C) groups is 1. The molecule has 0 amide bonds. The fourth-order valence-corrected chi connectivity index (χ4v) is 2.27. The molecule has 0 aliphatic heterocycles. The summed E-state index contributed by atoms with van der Waals surface area (Å²) in [5.41, 5.74) is 5.37. The van der Waals surface area contributed by atoms with Crippen LogP contribution in [0.25, 0.3) is 0 Å². The van der Waals surface area contributed by atoms with E-state index in [1.165, 1.54) is 35.1 Å². The fraction of sp³-hybridized carbons (Fsp3) is 0.562. The van der Waals surface area contributed by atoms with Crippen molar-refractivity contribution in [3.05, 3.63) is 34.4 Å². The van der Waals surface area contributed by atoms with Crippen molar-refractivity contribution in [1.82, 2.24) is 10.6 Å². The molecule has 0 radical (unpaired) electrons. The van der Waals surface area contributed by atoms with Crippen molar-refractivity contribution >= 4 is 29.9 Å². The molecule has 3 nitrogen and oxygen atoms in total. The Morgan fingerprint density at radius 3 is 2.20 bits per heavy atom. The molecule has 0 saturated heterocycles. The van der Waals surface area contributed by atoms with Crippen LogP contribution in [-0.4, -0.2) is 19.6 Å². The van der Waals surface area contributed by atoms with Gasteiger partial charge in [0, 0.05) is 20.1 Å². The molecule has 0 aliphatic carbocycles. The molecule has 0 heterocycles. The van der Waals surface area contributed by atoms with Gasteiger partial charge >= 0.3 is 0 Å². The van der Waals surface area contributed by atoms with Crippen molar-refractivity contribution in [2.75, 3.05) is 13.6 Å². The number of unbranched alkanes of at least 4 members (excludes halogenated alkanes) is 1. The van der Waals surface area contributed by atoms with Crippen LogP contribution in [0.2, 0.25) is 0 Å². The van der Waals surface area contributed by atoms with E-state index in [1.807, 2.05) is 7.05 Å². The normalized spacial score (nSPS) is 10.9. The average Bonchev–Trinajstić information content (AvgIpc) is 2.35. The highest BCUT2D eigenvalue weighted by molar-refractivity contribution is 14.0. The van der Waals surface area contributed by atoms with Gasteiger partial charge in [-0.3, -0.25) is 4.99 Å². The van der Waals surface area contributed by atoms with E-state index < -0.39 is 0 Å². The summed E-state index contributed by atoms with van der Waals surface area (Å²) in [6.45, 7) is 10.5. The summed E-state index contributed by atoms with van der Waals surface area (Å²) in [4.78, 5) is 4.25. The number of benzene rings is 1. The first-order valence-corrected chi connectivity index (χ1v) is 7.09. The minimum absolute atomic E-state index is 0. The molecule has 2 N–H and O–H groups in total. The number of nitrogens with one attached hydrogen (secondary N) is 2. The number of hydrogen-bond donors (Lipinski definition) is 2. The molecule has 0 bridgehead atoms. The molecule has 0 saturated carbocycles. The zero-order valence-corrected chi connectivity index (χ0v) is 15.7. The van der Waals surface area contributed by atoms with Gasteiger partial charge in [-0.05, 0) is 43.9 Å². The Morgan fingerprint density at radius 1 is 1.10 bits per heavy atom. The van der Waals surface area contributed by atoms with E-state index in [-0.39, 0.29) is 24.0 Å². The summed E-state index contributed by atoms with van der Waals surface area (Å²) >= 11 is 0. The van der Waals surface area contributed by atoms with Crippen LogP contribution in [-0.2, 0) is 6.54 Å². The van der Waals surface area contributed by atoms with Gasteiger partial charge in [0.1, 0.15) is 0 Å². The van der Waals surface area contributed by atoms with Crippen molar-refractivity contribution in [2.24, 2.45) is 4.99 Å². The zero-order chi connectivity index (χ0) is 14.3. The third-order valence-electron chi connectivity index (χ3n) is 3.32. The highest BCUT2D eigenvalue weighted by atomic mass is 127. The summed E-state index contributed by atoms with van der Waals surface area (Å²) in [5.74, 6) is 0.882. The predicted octanol–water partition coefficient (Wildman–Crippen LogP) is 3.69. The van der Waals surface area contributed by atoms with Gasteiger partial charge in [0.15, 0.2) is 5.96 Å². The van der Waals surface area contributed by atoms with Gasteiger partial charge in [-0.2, -0.15) is 0 Å². The Morgan fingerprint density at radius 2 is 1.70 bits per heavy atom. The Kier molecular flexibility index (Phi) is 9.63. The standard InChI is InChI=1S/C16H27N3.HI/c1-6-7-8-18-16(17-5)19-11-15-13(3)9-12(2)10-14(15)4;/h9-10H,6-8,11H2,1-5H3,(H2,17,18,19);1H. The van der Waals surface area contributed by atoms with Crippen LogP contribution in [0.5, 0.6) is 0 Å². The smallest absolute Gasteiger partial charge is 0.191 e. The molecule has 0 fully saturated rings. The second-order valence-corrected chi connectivity index (χ2v) is 5.08. The van der Waals surface area contributed by atoms with Gasteiger partial charge in [0.2, 0.25) is 0 Å². The quantitative estimate of drug-likeness (QED) is 0.349. The van der Waals surface area contributed by atoms with Crippen molar-refractivity contribution in [3.63, 3.8) is 0 Å².